The lowest BCUT2D eigenvalue weighted by molar-refractivity contribution is 0.102. The SMILES string of the molecule is CCOc1cccc(C(C)(O)c2cccc(OC)c2)c1. The van der Waals surface area contributed by atoms with Crippen molar-refractivity contribution in [2.45, 2.75) is 19.4 Å². The molecular weight excluding hydrogens is 252 g/mol. The maximum Gasteiger partial charge on any atom is 0.119 e. The molecule has 20 heavy (non-hydrogen) atoms. The summed E-state index contributed by atoms with van der Waals surface area (Å²) in [4.78, 5) is 0. The number of ether oxygens (including phenoxy) is 2. The monoisotopic (exact) mass is 272 g/mol. The Hall–Kier alpha value is -2.00. The Labute approximate surface area is 119 Å². The average molecular weight is 272 g/mol. The quantitative estimate of drug-likeness (QED) is 0.907. The van der Waals surface area contributed by atoms with E-state index in [0.29, 0.717) is 6.61 Å². The number of hydrogen-bond acceptors (Lipinski definition) is 3. The van der Waals surface area contributed by atoms with Crippen molar-refractivity contribution >= 4 is 0 Å². The van der Waals surface area contributed by atoms with Crippen molar-refractivity contribution in [3.63, 3.8) is 0 Å². The molecule has 2 aromatic carbocycles. The van der Waals surface area contributed by atoms with Crippen molar-refractivity contribution in [1.29, 1.82) is 0 Å². The van der Waals surface area contributed by atoms with Crippen molar-refractivity contribution < 1.29 is 14.6 Å². The third-order valence-corrected chi connectivity index (χ3v) is 3.34. The third-order valence-electron chi connectivity index (χ3n) is 3.34. The fraction of sp³-hybridized carbons (Fsp3) is 0.294. The van der Waals surface area contributed by atoms with E-state index in [4.69, 9.17) is 9.47 Å². The van der Waals surface area contributed by atoms with Crippen molar-refractivity contribution in [2.24, 2.45) is 0 Å². The van der Waals surface area contributed by atoms with Gasteiger partial charge in [-0.15, -0.1) is 0 Å². The second-order valence-corrected chi connectivity index (χ2v) is 4.77. The Morgan fingerprint density at radius 1 is 1.00 bits per heavy atom. The molecule has 1 unspecified atom stereocenters. The lowest BCUT2D eigenvalue weighted by atomic mass is 9.88. The van der Waals surface area contributed by atoms with Gasteiger partial charge in [0.1, 0.15) is 17.1 Å². The van der Waals surface area contributed by atoms with Gasteiger partial charge in [-0.1, -0.05) is 24.3 Å². The lowest BCUT2D eigenvalue weighted by Gasteiger charge is -2.25. The van der Waals surface area contributed by atoms with Crippen LogP contribution in [0.15, 0.2) is 48.5 Å². The maximum absolute atomic E-state index is 10.9. The molecule has 0 aliphatic carbocycles. The van der Waals surface area contributed by atoms with Crippen LogP contribution in [0.4, 0.5) is 0 Å². The Morgan fingerprint density at radius 2 is 1.55 bits per heavy atom. The highest BCUT2D eigenvalue weighted by Gasteiger charge is 2.26. The van der Waals surface area contributed by atoms with Crippen LogP contribution < -0.4 is 9.47 Å². The van der Waals surface area contributed by atoms with Crippen LogP contribution in [-0.4, -0.2) is 18.8 Å². The first-order valence-corrected chi connectivity index (χ1v) is 6.68. The van der Waals surface area contributed by atoms with Crippen LogP contribution in [0.3, 0.4) is 0 Å². The van der Waals surface area contributed by atoms with Crippen LogP contribution in [0, 0.1) is 0 Å². The second-order valence-electron chi connectivity index (χ2n) is 4.77. The summed E-state index contributed by atoms with van der Waals surface area (Å²) < 4.78 is 10.7. The summed E-state index contributed by atoms with van der Waals surface area (Å²) in [5.41, 5.74) is 0.476. The summed E-state index contributed by atoms with van der Waals surface area (Å²) >= 11 is 0. The fourth-order valence-corrected chi connectivity index (χ4v) is 2.15. The minimum atomic E-state index is -1.10. The molecule has 0 aromatic heterocycles. The molecule has 0 saturated heterocycles. The van der Waals surface area contributed by atoms with Gasteiger partial charge in [0.05, 0.1) is 13.7 Å². The second kappa shape index (κ2) is 5.97. The zero-order valence-corrected chi connectivity index (χ0v) is 12.1. The van der Waals surface area contributed by atoms with Crippen molar-refractivity contribution in [2.75, 3.05) is 13.7 Å². The molecule has 0 spiro atoms. The number of aliphatic hydroxyl groups is 1. The number of benzene rings is 2. The van der Waals surface area contributed by atoms with E-state index in [-0.39, 0.29) is 0 Å². The standard InChI is InChI=1S/C17H20O3/c1-4-20-16-10-6-8-14(12-16)17(2,18)13-7-5-9-15(11-13)19-3/h5-12,18H,4H2,1-3H3. The number of methoxy groups -OCH3 is 1. The van der Waals surface area contributed by atoms with E-state index in [1.165, 1.54) is 0 Å². The summed E-state index contributed by atoms with van der Waals surface area (Å²) in [7, 11) is 1.61. The van der Waals surface area contributed by atoms with Gasteiger partial charge in [-0.2, -0.15) is 0 Å². The Balaban J connectivity index is 2.40. The summed E-state index contributed by atoms with van der Waals surface area (Å²) in [5, 5.41) is 10.9. The molecule has 3 nitrogen and oxygen atoms in total. The molecule has 0 fully saturated rings. The number of rotatable bonds is 5. The van der Waals surface area contributed by atoms with Crippen LogP contribution in [0.1, 0.15) is 25.0 Å². The summed E-state index contributed by atoms with van der Waals surface area (Å²) in [6.07, 6.45) is 0. The molecule has 3 heteroatoms. The Bertz CT molecular complexity index is 576. The first kappa shape index (κ1) is 14.4. The summed E-state index contributed by atoms with van der Waals surface area (Å²) in [6, 6.07) is 15.0. The molecule has 0 amide bonds. The topological polar surface area (TPSA) is 38.7 Å². The molecule has 2 rings (SSSR count). The van der Waals surface area contributed by atoms with Gasteiger partial charge in [0, 0.05) is 0 Å². The summed E-state index contributed by atoms with van der Waals surface area (Å²) in [6.45, 7) is 4.31. The van der Waals surface area contributed by atoms with E-state index < -0.39 is 5.60 Å². The highest BCUT2D eigenvalue weighted by Crippen LogP contribution is 2.32. The zero-order valence-electron chi connectivity index (χ0n) is 12.1. The van der Waals surface area contributed by atoms with Crippen LogP contribution >= 0.6 is 0 Å². The van der Waals surface area contributed by atoms with Gasteiger partial charge < -0.3 is 14.6 Å². The molecule has 0 aliphatic heterocycles. The third kappa shape index (κ3) is 2.94. The van der Waals surface area contributed by atoms with Gasteiger partial charge in [-0.25, -0.2) is 0 Å². The normalized spacial score (nSPS) is 13.6. The first-order valence-electron chi connectivity index (χ1n) is 6.68. The molecule has 2 aromatic rings. The molecule has 0 aliphatic rings. The first-order chi connectivity index (χ1) is 9.57. The van der Waals surface area contributed by atoms with Gasteiger partial charge in [0.2, 0.25) is 0 Å². The fourth-order valence-electron chi connectivity index (χ4n) is 2.15. The van der Waals surface area contributed by atoms with E-state index in [0.717, 1.165) is 22.6 Å². The molecule has 0 saturated carbocycles. The molecule has 106 valence electrons. The zero-order chi connectivity index (χ0) is 14.6. The Morgan fingerprint density at radius 3 is 2.10 bits per heavy atom. The van der Waals surface area contributed by atoms with Crippen LogP contribution in [-0.2, 0) is 5.60 Å². The van der Waals surface area contributed by atoms with Crippen molar-refractivity contribution in [3.05, 3.63) is 59.7 Å². The van der Waals surface area contributed by atoms with E-state index in [2.05, 4.69) is 0 Å². The van der Waals surface area contributed by atoms with E-state index in [1.54, 1.807) is 14.0 Å². The van der Waals surface area contributed by atoms with E-state index in [9.17, 15) is 5.11 Å². The molecular formula is C17H20O3. The highest BCUT2D eigenvalue weighted by atomic mass is 16.5. The van der Waals surface area contributed by atoms with Gasteiger partial charge in [-0.05, 0) is 49.2 Å². The van der Waals surface area contributed by atoms with Gasteiger partial charge in [-0.3, -0.25) is 0 Å². The minimum Gasteiger partial charge on any atom is -0.497 e. The van der Waals surface area contributed by atoms with Gasteiger partial charge >= 0.3 is 0 Å². The Kier molecular flexibility index (Phi) is 4.30. The molecule has 0 bridgehead atoms. The van der Waals surface area contributed by atoms with Crippen molar-refractivity contribution in [3.8, 4) is 11.5 Å². The largest absolute Gasteiger partial charge is 0.497 e. The lowest BCUT2D eigenvalue weighted by Crippen LogP contribution is -2.22. The predicted octanol–water partition coefficient (Wildman–Crippen LogP) is 3.35. The predicted molar refractivity (Wildman–Crippen MR) is 79.3 cm³/mol. The maximum atomic E-state index is 10.9. The number of hydrogen-bond donors (Lipinski definition) is 1. The summed E-state index contributed by atoms with van der Waals surface area (Å²) in [5.74, 6) is 1.48. The van der Waals surface area contributed by atoms with E-state index >= 15 is 0 Å². The van der Waals surface area contributed by atoms with Crippen LogP contribution in [0.2, 0.25) is 0 Å². The molecule has 0 heterocycles. The van der Waals surface area contributed by atoms with Gasteiger partial charge in [0.25, 0.3) is 0 Å². The highest BCUT2D eigenvalue weighted by molar-refractivity contribution is 5.41. The molecule has 1 atom stereocenters. The van der Waals surface area contributed by atoms with Crippen molar-refractivity contribution in [1.82, 2.24) is 0 Å². The molecule has 1 N–H and O–H groups in total. The van der Waals surface area contributed by atoms with Crippen LogP contribution in [0.5, 0.6) is 11.5 Å². The van der Waals surface area contributed by atoms with Gasteiger partial charge in [0.15, 0.2) is 0 Å². The van der Waals surface area contributed by atoms with Crippen LogP contribution in [0.25, 0.3) is 0 Å². The van der Waals surface area contributed by atoms with E-state index in [1.807, 2.05) is 55.5 Å². The molecule has 0 radical (unpaired) electrons. The smallest absolute Gasteiger partial charge is 0.119 e. The average Bonchev–Trinajstić information content (AvgIpc) is 2.48. The minimum absolute atomic E-state index is 0.602.